The van der Waals surface area contributed by atoms with E-state index < -0.39 is 0 Å². The Kier molecular flexibility index (Phi) is 4.68. The summed E-state index contributed by atoms with van der Waals surface area (Å²) in [5.74, 6) is 5.44. The highest BCUT2D eigenvalue weighted by Gasteiger charge is 2.11. The number of nitrogens with two attached hydrogens (primary N) is 1. The summed E-state index contributed by atoms with van der Waals surface area (Å²) in [6, 6.07) is 9.20. The number of nitrogens with zero attached hydrogens (tertiary/aromatic N) is 1. The smallest absolute Gasteiger partial charge is 0.270 e. The van der Waals surface area contributed by atoms with Crippen LogP contribution in [0.3, 0.4) is 0 Å². The minimum atomic E-state index is -0.317. The second-order valence-corrected chi connectivity index (χ2v) is 4.46. The molecule has 0 fully saturated rings. The number of rotatable bonds is 5. The van der Waals surface area contributed by atoms with Crippen LogP contribution in [0, 0.1) is 0 Å². The van der Waals surface area contributed by atoms with Crippen LogP contribution in [0.5, 0.6) is 0 Å². The van der Waals surface area contributed by atoms with E-state index in [2.05, 4.69) is 21.0 Å². The summed E-state index contributed by atoms with van der Waals surface area (Å²) < 4.78 is 0. The van der Waals surface area contributed by atoms with Gasteiger partial charge in [-0.25, -0.2) is 10.8 Å². The fraction of sp³-hybridized carbons (Fsp3) is 0.214. The number of hydrogen-bond donors (Lipinski definition) is 4. The van der Waals surface area contributed by atoms with Crippen LogP contribution >= 0.6 is 0 Å². The average Bonchev–Trinajstić information content (AvgIpc) is 2.50. The molecule has 7 heteroatoms. The molecule has 1 heterocycles. The largest absolute Gasteiger partial charge is 0.355 e. The number of amides is 2. The van der Waals surface area contributed by atoms with E-state index in [1.807, 2.05) is 24.3 Å². The van der Waals surface area contributed by atoms with Crippen LogP contribution in [0.25, 0.3) is 10.8 Å². The van der Waals surface area contributed by atoms with Gasteiger partial charge < -0.3 is 16.1 Å². The molecule has 0 spiro atoms. The molecule has 0 saturated carbocycles. The molecule has 0 aliphatic heterocycles. The monoisotopic (exact) mass is 287 g/mol. The number of carbonyl (C=O) groups is 2. The Morgan fingerprint density at radius 1 is 1.19 bits per heavy atom. The Balaban J connectivity index is 2.14. The van der Waals surface area contributed by atoms with Crippen molar-refractivity contribution in [2.45, 2.75) is 6.92 Å². The molecule has 0 aliphatic carbocycles. The molecule has 0 aliphatic rings. The van der Waals surface area contributed by atoms with Gasteiger partial charge in [-0.2, -0.15) is 0 Å². The van der Waals surface area contributed by atoms with Gasteiger partial charge in [0.05, 0.1) is 0 Å². The molecule has 110 valence electrons. The van der Waals surface area contributed by atoms with E-state index in [0.29, 0.717) is 18.9 Å². The zero-order chi connectivity index (χ0) is 15.2. The van der Waals surface area contributed by atoms with E-state index in [0.717, 1.165) is 10.8 Å². The molecule has 0 saturated heterocycles. The fourth-order valence-electron chi connectivity index (χ4n) is 1.93. The molecule has 2 amide bonds. The Hall–Kier alpha value is -2.67. The lowest BCUT2D eigenvalue weighted by Crippen LogP contribution is -2.34. The maximum Gasteiger partial charge on any atom is 0.270 e. The van der Waals surface area contributed by atoms with E-state index in [9.17, 15) is 9.59 Å². The second-order valence-electron chi connectivity index (χ2n) is 4.46. The zero-order valence-electron chi connectivity index (χ0n) is 11.6. The van der Waals surface area contributed by atoms with Gasteiger partial charge in [0.1, 0.15) is 11.5 Å². The summed E-state index contributed by atoms with van der Waals surface area (Å²) in [4.78, 5) is 27.0. The minimum Gasteiger partial charge on any atom is -0.355 e. The Morgan fingerprint density at radius 3 is 2.62 bits per heavy atom. The standard InChI is InChI=1S/C14H17N5O2/c1-9(20)16-6-7-17-14(21)12-8-10-4-2-3-5-11(10)13(18-12)19-15/h2-5,8H,6-7,15H2,1H3,(H,16,20)(H,17,21)(H,18,19). The number of fused-ring (bicyclic) bond motifs is 1. The van der Waals surface area contributed by atoms with Gasteiger partial charge in [-0.1, -0.05) is 24.3 Å². The molecule has 0 atom stereocenters. The van der Waals surface area contributed by atoms with Crippen LogP contribution in [0.2, 0.25) is 0 Å². The SMILES string of the molecule is CC(=O)NCCNC(=O)c1cc2ccccc2c(NN)n1. The van der Waals surface area contributed by atoms with Gasteiger partial charge >= 0.3 is 0 Å². The van der Waals surface area contributed by atoms with Crippen molar-refractivity contribution in [3.8, 4) is 0 Å². The lowest BCUT2D eigenvalue weighted by Gasteiger charge is -2.09. The normalized spacial score (nSPS) is 10.2. The van der Waals surface area contributed by atoms with E-state index in [4.69, 9.17) is 5.84 Å². The van der Waals surface area contributed by atoms with Crippen molar-refractivity contribution in [2.75, 3.05) is 18.5 Å². The number of anilines is 1. The van der Waals surface area contributed by atoms with Gasteiger partial charge in [-0.3, -0.25) is 9.59 Å². The third kappa shape index (κ3) is 3.67. The summed E-state index contributed by atoms with van der Waals surface area (Å²) in [7, 11) is 0. The molecule has 0 radical (unpaired) electrons. The van der Waals surface area contributed by atoms with E-state index in [1.54, 1.807) is 6.07 Å². The maximum absolute atomic E-state index is 12.0. The summed E-state index contributed by atoms with van der Waals surface area (Å²) in [6.07, 6.45) is 0. The van der Waals surface area contributed by atoms with Crippen molar-refractivity contribution in [2.24, 2.45) is 5.84 Å². The quantitative estimate of drug-likeness (QED) is 0.361. The number of hydrogen-bond acceptors (Lipinski definition) is 5. The van der Waals surface area contributed by atoms with Gasteiger partial charge in [0.25, 0.3) is 5.91 Å². The predicted molar refractivity (Wildman–Crippen MR) is 80.6 cm³/mol. The van der Waals surface area contributed by atoms with Crippen LogP contribution in [0.15, 0.2) is 30.3 Å². The number of hydrazine groups is 1. The molecule has 1 aromatic carbocycles. The molecule has 2 aromatic rings. The molecule has 2 rings (SSSR count). The van der Waals surface area contributed by atoms with Crippen molar-refractivity contribution < 1.29 is 9.59 Å². The van der Waals surface area contributed by atoms with Crippen LogP contribution in [-0.4, -0.2) is 29.9 Å². The molecule has 5 N–H and O–H groups in total. The van der Waals surface area contributed by atoms with Crippen LogP contribution in [0.4, 0.5) is 5.82 Å². The van der Waals surface area contributed by atoms with E-state index >= 15 is 0 Å². The summed E-state index contributed by atoms with van der Waals surface area (Å²) in [5.41, 5.74) is 2.77. The van der Waals surface area contributed by atoms with Gasteiger partial charge in [-0.15, -0.1) is 0 Å². The highest BCUT2D eigenvalue weighted by atomic mass is 16.2. The molecular formula is C14H17N5O2. The zero-order valence-corrected chi connectivity index (χ0v) is 11.6. The fourth-order valence-corrected chi connectivity index (χ4v) is 1.93. The van der Waals surface area contributed by atoms with Crippen molar-refractivity contribution >= 4 is 28.4 Å². The summed E-state index contributed by atoms with van der Waals surface area (Å²) >= 11 is 0. The highest BCUT2D eigenvalue weighted by Crippen LogP contribution is 2.21. The van der Waals surface area contributed by atoms with Crippen LogP contribution in [-0.2, 0) is 4.79 Å². The molecule has 0 bridgehead atoms. The Morgan fingerprint density at radius 2 is 1.90 bits per heavy atom. The van der Waals surface area contributed by atoms with Gasteiger partial charge in [-0.05, 0) is 11.5 Å². The second kappa shape index (κ2) is 6.67. The lowest BCUT2D eigenvalue weighted by atomic mass is 10.1. The van der Waals surface area contributed by atoms with Crippen molar-refractivity contribution in [3.05, 3.63) is 36.0 Å². The number of benzene rings is 1. The van der Waals surface area contributed by atoms with Crippen LogP contribution in [0.1, 0.15) is 17.4 Å². The number of carbonyl (C=O) groups excluding carboxylic acids is 2. The number of nitrogen functional groups attached to an aromatic ring is 1. The van der Waals surface area contributed by atoms with Crippen molar-refractivity contribution in [1.29, 1.82) is 0 Å². The topological polar surface area (TPSA) is 109 Å². The predicted octanol–water partition coefficient (Wildman–Crippen LogP) is 0.386. The first kappa shape index (κ1) is 14.7. The third-order valence-corrected chi connectivity index (χ3v) is 2.89. The Bertz CT molecular complexity index is 671. The molecule has 7 nitrogen and oxygen atoms in total. The summed E-state index contributed by atoms with van der Waals surface area (Å²) in [6.45, 7) is 2.13. The maximum atomic E-state index is 12.0. The first-order valence-electron chi connectivity index (χ1n) is 6.51. The molecule has 21 heavy (non-hydrogen) atoms. The van der Waals surface area contributed by atoms with E-state index in [-0.39, 0.29) is 17.5 Å². The summed E-state index contributed by atoms with van der Waals surface area (Å²) in [5, 5.41) is 6.99. The molecular weight excluding hydrogens is 270 g/mol. The van der Waals surface area contributed by atoms with Crippen LogP contribution < -0.4 is 21.9 Å². The average molecular weight is 287 g/mol. The van der Waals surface area contributed by atoms with Gasteiger partial charge in [0, 0.05) is 25.4 Å². The number of aromatic nitrogens is 1. The van der Waals surface area contributed by atoms with Gasteiger partial charge in [0.2, 0.25) is 5.91 Å². The third-order valence-electron chi connectivity index (χ3n) is 2.89. The van der Waals surface area contributed by atoms with Gasteiger partial charge in [0.15, 0.2) is 0 Å². The van der Waals surface area contributed by atoms with Crippen molar-refractivity contribution in [3.63, 3.8) is 0 Å². The molecule has 1 aromatic heterocycles. The number of nitrogens with one attached hydrogen (secondary N) is 3. The Labute approximate surface area is 121 Å². The highest BCUT2D eigenvalue weighted by molar-refractivity contribution is 6.00. The lowest BCUT2D eigenvalue weighted by molar-refractivity contribution is -0.118. The number of pyridine rings is 1. The molecule has 0 unspecified atom stereocenters. The first-order valence-corrected chi connectivity index (χ1v) is 6.51. The first-order chi connectivity index (χ1) is 10.1. The van der Waals surface area contributed by atoms with E-state index in [1.165, 1.54) is 6.92 Å². The van der Waals surface area contributed by atoms with Crippen molar-refractivity contribution in [1.82, 2.24) is 15.6 Å². The minimum absolute atomic E-state index is 0.136.